The lowest BCUT2D eigenvalue weighted by atomic mass is 10.0. The SMILES string of the molecule is CCc1nc(-c2ccc(F)cc2)c(-c2ccnc(N=S(=O)(c3ccccc3)C3CCCCC3)c2)s1. The van der Waals surface area contributed by atoms with Gasteiger partial charge in [0.25, 0.3) is 0 Å². The van der Waals surface area contributed by atoms with Gasteiger partial charge in [0, 0.05) is 21.9 Å². The van der Waals surface area contributed by atoms with Gasteiger partial charge in [0.1, 0.15) is 5.82 Å². The van der Waals surface area contributed by atoms with Gasteiger partial charge in [-0.25, -0.2) is 18.6 Å². The molecule has 1 unspecified atom stereocenters. The molecule has 0 radical (unpaired) electrons. The lowest BCUT2D eigenvalue weighted by Crippen LogP contribution is -2.23. The molecule has 2 heterocycles. The summed E-state index contributed by atoms with van der Waals surface area (Å²) in [5.41, 5.74) is 2.61. The number of halogens is 1. The van der Waals surface area contributed by atoms with E-state index in [-0.39, 0.29) is 11.1 Å². The van der Waals surface area contributed by atoms with Crippen LogP contribution in [0.25, 0.3) is 21.7 Å². The number of aryl methyl sites for hydroxylation is 1. The molecule has 180 valence electrons. The molecule has 5 rings (SSSR count). The van der Waals surface area contributed by atoms with E-state index in [1.54, 1.807) is 29.7 Å². The first-order valence-electron chi connectivity index (χ1n) is 12.1. The monoisotopic (exact) mass is 505 g/mol. The molecule has 1 atom stereocenters. The Kier molecular flexibility index (Phi) is 7.07. The number of hydrogen-bond donors (Lipinski definition) is 0. The van der Waals surface area contributed by atoms with E-state index in [1.807, 2.05) is 42.5 Å². The summed E-state index contributed by atoms with van der Waals surface area (Å²) >= 11 is 1.62. The number of nitrogens with zero attached hydrogens (tertiary/aromatic N) is 3. The fraction of sp³-hybridized carbons (Fsp3) is 0.286. The molecule has 1 aliphatic carbocycles. The normalized spacial score (nSPS) is 16.1. The predicted octanol–water partition coefficient (Wildman–Crippen LogP) is 8.06. The van der Waals surface area contributed by atoms with Crippen LogP contribution in [-0.4, -0.2) is 19.4 Å². The molecule has 4 aromatic rings. The maximum Gasteiger partial charge on any atom is 0.162 e. The van der Waals surface area contributed by atoms with Crippen LogP contribution < -0.4 is 0 Å². The highest BCUT2D eigenvalue weighted by Gasteiger charge is 2.28. The van der Waals surface area contributed by atoms with E-state index in [9.17, 15) is 8.60 Å². The van der Waals surface area contributed by atoms with Crippen molar-refractivity contribution in [2.24, 2.45) is 4.36 Å². The average molecular weight is 506 g/mol. The van der Waals surface area contributed by atoms with Crippen molar-refractivity contribution in [1.82, 2.24) is 9.97 Å². The highest BCUT2D eigenvalue weighted by Crippen LogP contribution is 2.39. The van der Waals surface area contributed by atoms with Crippen LogP contribution >= 0.6 is 11.3 Å². The van der Waals surface area contributed by atoms with Gasteiger partial charge >= 0.3 is 0 Å². The zero-order valence-corrected chi connectivity index (χ0v) is 21.3. The summed E-state index contributed by atoms with van der Waals surface area (Å²) in [7, 11) is -2.68. The molecule has 35 heavy (non-hydrogen) atoms. The van der Waals surface area contributed by atoms with Crippen LogP contribution in [0.15, 0.2) is 82.2 Å². The quantitative estimate of drug-likeness (QED) is 0.266. The van der Waals surface area contributed by atoms with E-state index in [0.29, 0.717) is 5.82 Å². The molecule has 2 aromatic carbocycles. The first kappa shape index (κ1) is 23.8. The second-order valence-electron chi connectivity index (χ2n) is 8.78. The average Bonchev–Trinajstić information content (AvgIpc) is 3.35. The molecule has 1 fully saturated rings. The smallest absolute Gasteiger partial charge is 0.162 e. The first-order chi connectivity index (χ1) is 17.1. The van der Waals surface area contributed by atoms with Crippen LogP contribution in [0.2, 0.25) is 0 Å². The highest BCUT2D eigenvalue weighted by atomic mass is 32.2. The second kappa shape index (κ2) is 10.4. The fourth-order valence-electron chi connectivity index (χ4n) is 4.58. The molecule has 2 aromatic heterocycles. The van der Waals surface area contributed by atoms with E-state index in [0.717, 1.165) is 63.7 Å². The summed E-state index contributed by atoms with van der Waals surface area (Å²) in [6.45, 7) is 2.07. The third-order valence-corrected chi connectivity index (χ3v) is 10.4. The van der Waals surface area contributed by atoms with Gasteiger partial charge in [-0.1, -0.05) is 44.4 Å². The van der Waals surface area contributed by atoms with Gasteiger partial charge in [-0.3, -0.25) is 0 Å². The molecular formula is C28H28FN3OS2. The minimum absolute atomic E-state index is 0.0222. The van der Waals surface area contributed by atoms with Crippen LogP contribution in [0.1, 0.15) is 44.0 Å². The van der Waals surface area contributed by atoms with Crippen LogP contribution in [0.3, 0.4) is 0 Å². The standard InChI is InChI=1S/C28H28FN3OS2/c1-2-26-31-27(20-13-15-22(29)16-14-20)28(34-26)21-17-18-30-25(19-21)32-35(33,23-9-5-3-6-10-23)24-11-7-4-8-12-24/h3,5-6,9-10,13-19,24H,2,4,7-8,11-12H2,1H3. The summed E-state index contributed by atoms with van der Waals surface area (Å²) in [4.78, 5) is 11.1. The van der Waals surface area contributed by atoms with Crippen LogP contribution in [0, 0.1) is 5.82 Å². The Bertz CT molecular complexity index is 1420. The highest BCUT2D eigenvalue weighted by molar-refractivity contribution is 7.94. The largest absolute Gasteiger partial charge is 0.244 e. The minimum atomic E-state index is -2.68. The van der Waals surface area contributed by atoms with Crippen molar-refractivity contribution in [1.29, 1.82) is 0 Å². The van der Waals surface area contributed by atoms with Gasteiger partial charge in [-0.05, 0) is 73.4 Å². The molecule has 1 aliphatic rings. The lowest BCUT2D eigenvalue weighted by Gasteiger charge is -2.25. The van der Waals surface area contributed by atoms with Crippen LogP contribution in [-0.2, 0) is 16.1 Å². The Balaban J connectivity index is 1.61. The molecule has 0 spiro atoms. The van der Waals surface area contributed by atoms with Gasteiger partial charge in [0.2, 0.25) is 0 Å². The van der Waals surface area contributed by atoms with Gasteiger partial charge in [0.15, 0.2) is 5.82 Å². The van der Waals surface area contributed by atoms with Crippen molar-refractivity contribution >= 4 is 26.9 Å². The van der Waals surface area contributed by atoms with E-state index in [2.05, 4.69) is 11.9 Å². The number of pyridine rings is 1. The molecule has 0 aliphatic heterocycles. The molecule has 0 saturated heterocycles. The topological polar surface area (TPSA) is 55.2 Å². The minimum Gasteiger partial charge on any atom is -0.244 e. The number of rotatable bonds is 6. The summed E-state index contributed by atoms with van der Waals surface area (Å²) in [6, 6.07) is 19.9. The molecular weight excluding hydrogens is 477 g/mol. The zero-order valence-electron chi connectivity index (χ0n) is 19.7. The summed E-state index contributed by atoms with van der Waals surface area (Å²) in [5.74, 6) is 0.197. The molecule has 4 nitrogen and oxygen atoms in total. The number of aromatic nitrogens is 2. The third-order valence-electron chi connectivity index (χ3n) is 6.41. The number of thiazole rings is 1. The second-order valence-corrected chi connectivity index (χ2v) is 12.3. The van der Waals surface area contributed by atoms with E-state index < -0.39 is 9.73 Å². The molecule has 0 amide bonds. The van der Waals surface area contributed by atoms with Gasteiger partial charge < -0.3 is 0 Å². The number of hydrogen-bond acceptors (Lipinski definition) is 5. The maximum absolute atomic E-state index is 14.5. The summed E-state index contributed by atoms with van der Waals surface area (Å²) in [5, 5.41) is 1.03. The van der Waals surface area contributed by atoms with Crippen molar-refractivity contribution < 1.29 is 8.60 Å². The van der Waals surface area contributed by atoms with Gasteiger partial charge in [-0.15, -0.1) is 11.3 Å². The van der Waals surface area contributed by atoms with Crippen LogP contribution in [0.4, 0.5) is 10.2 Å². The zero-order chi connectivity index (χ0) is 24.3. The van der Waals surface area contributed by atoms with E-state index in [1.165, 1.54) is 18.6 Å². The van der Waals surface area contributed by atoms with Gasteiger partial charge in [-0.2, -0.15) is 4.36 Å². The predicted molar refractivity (Wildman–Crippen MR) is 142 cm³/mol. The van der Waals surface area contributed by atoms with E-state index in [4.69, 9.17) is 9.35 Å². The van der Waals surface area contributed by atoms with Gasteiger partial charge in [0.05, 0.1) is 25.3 Å². The fourth-order valence-corrected chi connectivity index (χ4v) is 8.14. The molecule has 0 bridgehead atoms. The Labute approximate surface area is 210 Å². The number of benzene rings is 2. The summed E-state index contributed by atoms with van der Waals surface area (Å²) < 4.78 is 32.9. The van der Waals surface area contributed by atoms with Crippen LogP contribution in [0.5, 0.6) is 0 Å². The van der Waals surface area contributed by atoms with Crippen molar-refractivity contribution in [2.75, 3.05) is 0 Å². The van der Waals surface area contributed by atoms with Crippen molar-refractivity contribution in [3.05, 3.63) is 83.8 Å². The van der Waals surface area contributed by atoms with Crippen molar-refractivity contribution in [3.63, 3.8) is 0 Å². The first-order valence-corrected chi connectivity index (χ1v) is 14.5. The molecule has 0 N–H and O–H groups in total. The Morgan fingerprint density at radius 1 is 1.00 bits per heavy atom. The van der Waals surface area contributed by atoms with E-state index >= 15 is 0 Å². The van der Waals surface area contributed by atoms with Crippen molar-refractivity contribution in [2.45, 2.75) is 55.6 Å². The maximum atomic E-state index is 14.5. The molecule has 1 saturated carbocycles. The lowest BCUT2D eigenvalue weighted by molar-refractivity contribution is 0.502. The third kappa shape index (κ3) is 5.07. The van der Waals surface area contributed by atoms with Crippen molar-refractivity contribution in [3.8, 4) is 21.7 Å². The Hall–Kier alpha value is -2.90. The molecule has 7 heteroatoms. The Morgan fingerprint density at radius 3 is 2.46 bits per heavy atom. The Morgan fingerprint density at radius 2 is 1.74 bits per heavy atom. The summed E-state index contributed by atoms with van der Waals surface area (Å²) in [6.07, 6.45) is 7.72.